The molecule has 28 heavy (non-hydrogen) atoms. The van der Waals surface area contributed by atoms with Crippen LogP contribution in [-0.2, 0) is 6.54 Å². The minimum atomic E-state index is 0.412. The number of aromatic nitrogens is 5. The monoisotopic (exact) mass is 406 g/mol. The van der Waals surface area contributed by atoms with Crippen molar-refractivity contribution >= 4 is 30.7 Å². The topological polar surface area (TPSA) is 66.7 Å². The highest BCUT2D eigenvalue weighted by molar-refractivity contribution is 7.72. The maximum atomic E-state index is 5.20. The Morgan fingerprint density at radius 3 is 2.36 bits per heavy atom. The van der Waals surface area contributed by atoms with Crippen molar-refractivity contribution in [1.82, 2.24) is 24.7 Å². The van der Waals surface area contributed by atoms with Crippen LogP contribution in [0.3, 0.4) is 0 Å². The summed E-state index contributed by atoms with van der Waals surface area (Å²) in [7, 11) is 0. The molecule has 2 N–H and O–H groups in total. The highest BCUT2D eigenvalue weighted by Gasteiger charge is 2.10. The molecule has 0 unspecified atom stereocenters. The molecule has 4 aromatic rings. The molecule has 0 saturated heterocycles. The quantitative estimate of drug-likeness (QED) is 0.373. The molecular formula is C20H18N6S2. The molecule has 2 aromatic carbocycles. The number of H-pyrrole nitrogens is 2. The van der Waals surface area contributed by atoms with E-state index in [0.29, 0.717) is 16.1 Å². The molecule has 140 valence electrons. The number of rotatable bonds is 5. The first-order chi connectivity index (χ1) is 13.6. The van der Waals surface area contributed by atoms with Gasteiger partial charge in [0.2, 0.25) is 9.54 Å². The van der Waals surface area contributed by atoms with Gasteiger partial charge in [-0.15, -0.1) is 0 Å². The lowest BCUT2D eigenvalue weighted by molar-refractivity contribution is 0.689. The molecule has 2 heterocycles. The van der Waals surface area contributed by atoms with Gasteiger partial charge < -0.3 is 0 Å². The average molecular weight is 407 g/mol. The number of nitrogens with zero attached hydrogens (tertiary/aromatic N) is 4. The van der Waals surface area contributed by atoms with E-state index in [0.717, 1.165) is 16.8 Å². The molecule has 0 aliphatic heterocycles. The van der Waals surface area contributed by atoms with Gasteiger partial charge in [-0.05, 0) is 36.9 Å². The van der Waals surface area contributed by atoms with Crippen LogP contribution in [0.2, 0.25) is 0 Å². The fourth-order valence-corrected chi connectivity index (χ4v) is 3.29. The van der Waals surface area contributed by atoms with Crippen LogP contribution in [0.4, 0.5) is 0 Å². The van der Waals surface area contributed by atoms with E-state index in [-0.39, 0.29) is 0 Å². The molecule has 2 aromatic heterocycles. The second-order valence-electron chi connectivity index (χ2n) is 6.40. The normalized spacial score (nSPS) is 11.3. The Hall–Kier alpha value is -3.10. The van der Waals surface area contributed by atoms with Gasteiger partial charge in [0.15, 0.2) is 0 Å². The van der Waals surface area contributed by atoms with Crippen molar-refractivity contribution in [2.75, 3.05) is 0 Å². The van der Waals surface area contributed by atoms with Crippen LogP contribution in [-0.4, -0.2) is 30.9 Å². The molecule has 0 spiro atoms. The molecule has 6 nitrogen and oxygen atoms in total. The molecule has 0 fully saturated rings. The first-order valence-corrected chi connectivity index (χ1v) is 9.54. The highest BCUT2D eigenvalue weighted by Crippen LogP contribution is 2.22. The number of aryl methyl sites for hydroxylation is 1. The van der Waals surface area contributed by atoms with Crippen molar-refractivity contribution in [3.63, 3.8) is 0 Å². The lowest BCUT2D eigenvalue weighted by Gasteiger charge is -2.02. The van der Waals surface area contributed by atoms with Gasteiger partial charge in [-0.2, -0.15) is 14.9 Å². The van der Waals surface area contributed by atoms with Crippen molar-refractivity contribution < 1.29 is 0 Å². The minimum Gasteiger partial charge on any atom is -0.273 e. The van der Waals surface area contributed by atoms with E-state index in [9.17, 15) is 0 Å². The summed E-state index contributed by atoms with van der Waals surface area (Å²) in [5, 5.41) is 14.8. The van der Waals surface area contributed by atoms with Crippen LogP contribution in [0.25, 0.3) is 11.3 Å². The fourth-order valence-electron chi connectivity index (χ4n) is 2.85. The van der Waals surface area contributed by atoms with Crippen LogP contribution in [0.15, 0.2) is 65.9 Å². The largest absolute Gasteiger partial charge is 0.273 e. The summed E-state index contributed by atoms with van der Waals surface area (Å²) in [6.07, 6.45) is 3.71. The predicted octanol–water partition coefficient (Wildman–Crippen LogP) is 4.71. The fraction of sp³-hybridized carbons (Fsp3) is 0.100. The van der Waals surface area contributed by atoms with E-state index in [2.05, 4.69) is 58.6 Å². The Balaban J connectivity index is 1.75. The Kier molecular flexibility index (Phi) is 5.14. The van der Waals surface area contributed by atoms with E-state index in [1.165, 1.54) is 15.8 Å². The number of nitrogens with one attached hydrogen (secondary N) is 2. The van der Waals surface area contributed by atoms with Crippen LogP contribution in [0, 0.1) is 16.5 Å². The van der Waals surface area contributed by atoms with Crippen LogP contribution in [0.1, 0.15) is 16.7 Å². The van der Waals surface area contributed by atoms with Gasteiger partial charge in [0.05, 0.1) is 12.8 Å². The first-order valence-electron chi connectivity index (χ1n) is 8.72. The molecule has 0 radical (unpaired) electrons. The molecule has 8 heteroatoms. The summed E-state index contributed by atoms with van der Waals surface area (Å²) in [6.45, 7) is 2.74. The zero-order valence-electron chi connectivity index (χ0n) is 15.2. The zero-order valence-corrected chi connectivity index (χ0v) is 16.8. The molecule has 0 aliphatic rings. The molecule has 0 aliphatic carbocycles. The van der Waals surface area contributed by atoms with Gasteiger partial charge in [-0.25, -0.2) is 0 Å². The van der Waals surface area contributed by atoms with Crippen LogP contribution < -0.4 is 0 Å². The van der Waals surface area contributed by atoms with Gasteiger partial charge in [0, 0.05) is 17.3 Å². The van der Waals surface area contributed by atoms with Gasteiger partial charge in [0.25, 0.3) is 0 Å². The predicted molar refractivity (Wildman–Crippen MR) is 116 cm³/mol. The zero-order chi connectivity index (χ0) is 19.5. The average Bonchev–Trinajstić information content (AvgIpc) is 3.24. The maximum absolute atomic E-state index is 5.20. The molecule has 0 saturated carbocycles. The van der Waals surface area contributed by atoms with E-state index in [1.807, 2.05) is 29.1 Å². The third-order valence-corrected chi connectivity index (χ3v) is 4.83. The van der Waals surface area contributed by atoms with Crippen molar-refractivity contribution in [1.29, 1.82) is 0 Å². The minimum absolute atomic E-state index is 0.412. The summed E-state index contributed by atoms with van der Waals surface area (Å²) in [6, 6.07) is 18.5. The van der Waals surface area contributed by atoms with Gasteiger partial charge in [-0.1, -0.05) is 60.2 Å². The van der Waals surface area contributed by atoms with Gasteiger partial charge in [-0.3, -0.25) is 14.9 Å². The molecular weight excluding hydrogens is 388 g/mol. The lowest BCUT2D eigenvalue weighted by atomic mass is 10.1. The summed E-state index contributed by atoms with van der Waals surface area (Å²) < 4.78 is 4.21. The highest BCUT2D eigenvalue weighted by atomic mass is 32.1. The SMILES string of the molecule is Cc1ccc(-c2nn(Cc3ccccc3)cc2/C=N\n2c(=S)[nH][nH]c2=S)cc1. The number of hydrogen-bond donors (Lipinski definition) is 2. The molecule has 0 bridgehead atoms. The van der Waals surface area contributed by atoms with Crippen molar-refractivity contribution in [2.24, 2.45) is 5.10 Å². The maximum Gasteiger partial charge on any atom is 0.215 e. The number of hydrogen-bond acceptors (Lipinski definition) is 4. The Bertz CT molecular complexity index is 1200. The Labute approximate surface area is 172 Å². The van der Waals surface area contributed by atoms with Crippen LogP contribution >= 0.6 is 24.4 Å². The summed E-state index contributed by atoms with van der Waals surface area (Å²) in [5.74, 6) is 0. The first kappa shape index (κ1) is 18.3. The van der Waals surface area contributed by atoms with Crippen molar-refractivity contribution in [3.05, 3.63) is 87.0 Å². The Morgan fingerprint density at radius 1 is 1.00 bits per heavy atom. The molecule has 4 rings (SSSR count). The standard InChI is InChI=1S/C20H18N6S2/c1-14-7-9-16(10-8-14)18-17(11-21-26-19(27)22-23-20(26)28)13-25(24-18)12-15-5-3-2-4-6-15/h2-11,13H,12H2,1H3,(H,22,27)(H,23,28)/b21-11-. The van der Waals surface area contributed by atoms with E-state index in [1.54, 1.807) is 6.21 Å². The second-order valence-corrected chi connectivity index (χ2v) is 7.17. The summed E-state index contributed by atoms with van der Waals surface area (Å²) >= 11 is 10.4. The third kappa shape index (κ3) is 3.92. The van der Waals surface area contributed by atoms with E-state index in [4.69, 9.17) is 29.5 Å². The Morgan fingerprint density at radius 2 is 1.68 bits per heavy atom. The smallest absolute Gasteiger partial charge is 0.215 e. The van der Waals surface area contributed by atoms with Gasteiger partial charge >= 0.3 is 0 Å². The third-order valence-electron chi connectivity index (χ3n) is 4.28. The number of benzene rings is 2. The lowest BCUT2D eigenvalue weighted by Crippen LogP contribution is -2.00. The van der Waals surface area contributed by atoms with E-state index < -0.39 is 0 Å². The van der Waals surface area contributed by atoms with Crippen LogP contribution in [0.5, 0.6) is 0 Å². The molecule has 0 atom stereocenters. The number of aromatic amines is 2. The summed E-state index contributed by atoms with van der Waals surface area (Å²) in [4.78, 5) is 0. The van der Waals surface area contributed by atoms with E-state index >= 15 is 0 Å². The van der Waals surface area contributed by atoms with Crippen molar-refractivity contribution in [2.45, 2.75) is 13.5 Å². The second kappa shape index (κ2) is 7.87. The summed E-state index contributed by atoms with van der Waals surface area (Å²) in [5.41, 5.74) is 5.16. The molecule has 0 amide bonds. The van der Waals surface area contributed by atoms with Gasteiger partial charge in [0.1, 0.15) is 5.69 Å². The van der Waals surface area contributed by atoms with Crippen molar-refractivity contribution in [3.8, 4) is 11.3 Å².